The number of cyclic esters (lactones) is 1. The predicted octanol–water partition coefficient (Wildman–Crippen LogP) is 3.37. The van der Waals surface area contributed by atoms with E-state index >= 15 is 0 Å². The van der Waals surface area contributed by atoms with Gasteiger partial charge >= 0.3 is 5.97 Å². The molecule has 0 fully saturated rings. The molecule has 2 aromatic carbocycles. The maximum absolute atomic E-state index is 13.1. The van der Waals surface area contributed by atoms with Gasteiger partial charge in [0.1, 0.15) is 17.4 Å². The summed E-state index contributed by atoms with van der Waals surface area (Å²) in [5, 5.41) is 0. The molecule has 6 heteroatoms. The first-order valence-corrected chi connectivity index (χ1v) is 8.76. The van der Waals surface area contributed by atoms with E-state index in [-0.39, 0.29) is 5.78 Å². The summed E-state index contributed by atoms with van der Waals surface area (Å²) in [6, 6.07) is 8.98. The second kappa shape index (κ2) is 6.61. The Bertz CT molecular complexity index is 933. The van der Waals surface area contributed by atoms with Crippen LogP contribution in [0.15, 0.2) is 30.3 Å². The maximum atomic E-state index is 13.1. The number of Topliss-reactive ketones (excluding diaryl/α,β-unsaturated/α-hetero) is 1. The molecule has 0 N–H and O–H groups in total. The summed E-state index contributed by atoms with van der Waals surface area (Å²) < 4.78 is 21.5. The van der Waals surface area contributed by atoms with Gasteiger partial charge < -0.3 is 18.9 Å². The summed E-state index contributed by atoms with van der Waals surface area (Å²) in [6.45, 7) is 0. The average molecular weight is 368 g/mol. The van der Waals surface area contributed by atoms with Gasteiger partial charge in [-0.2, -0.15) is 0 Å². The summed E-state index contributed by atoms with van der Waals surface area (Å²) in [5.41, 5.74) is 2.65. The number of rotatable bonds is 4. The van der Waals surface area contributed by atoms with Crippen LogP contribution in [0.2, 0.25) is 0 Å². The molecular formula is C21H20O6. The van der Waals surface area contributed by atoms with E-state index in [0.29, 0.717) is 34.6 Å². The minimum Gasteiger partial charge on any atom is -0.497 e. The smallest absolute Gasteiger partial charge is 0.343 e. The van der Waals surface area contributed by atoms with Crippen LogP contribution in [0.4, 0.5) is 0 Å². The Labute approximate surface area is 157 Å². The number of carbonyl (C=O) groups excluding carboxylic acids is 2. The molecule has 0 saturated carbocycles. The van der Waals surface area contributed by atoms with Crippen LogP contribution in [0.25, 0.3) is 0 Å². The van der Waals surface area contributed by atoms with E-state index in [4.69, 9.17) is 18.9 Å². The molecule has 1 heterocycles. The van der Waals surface area contributed by atoms with Crippen molar-refractivity contribution in [1.29, 1.82) is 0 Å². The molecule has 2 atom stereocenters. The molecule has 2 aliphatic rings. The van der Waals surface area contributed by atoms with Crippen LogP contribution in [0.1, 0.15) is 44.4 Å². The summed E-state index contributed by atoms with van der Waals surface area (Å²) in [5.74, 6) is 0.610. The number of methoxy groups -OCH3 is 3. The number of hydrogen-bond donors (Lipinski definition) is 0. The summed E-state index contributed by atoms with van der Waals surface area (Å²) in [6.07, 6.45) is 0.708. The van der Waals surface area contributed by atoms with Crippen molar-refractivity contribution in [3.63, 3.8) is 0 Å². The number of ether oxygens (including phenoxy) is 4. The molecule has 0 amide bonds. The van der Waals surface area contributed by atoms with E-state index in [1.54, 1.807) is 31.4 Å². The largest absolute Gasteiger partial charge is 0.497 e. The first kappa shape index (κ1) is 17.4. The number of aryl methyl sites for hydroxylation is 1. The number of carbonyl (C=O) groups is 2. The number of ketones is 1. The highest BCUT2D eigenvalue weighted by atomic mass is 16.6. The molecule has 6 nitrogen and oxygen atoms in total. The number of fused-ring (bicyclic) bond motifs is 2. The lowest BCUT2D eigenvalue weighted by molar-refractivity contribution is 0.0221. The standard InChI is InChI=1S/C21H20O6/c1-24-12-5-7-13-11(10-12)4-6-15(18(13)22)19-14-8-9-16(25-2)20(26-3)17(14)21(23)27-19/h5,7-10,15,19H,4,6H2,1-3H3. The third-order valence-corrected chi connectivity index (χ3v) is 5.33. The van der Waals surface area contributed by atoms with Crippen molar-refractivity contribution in [2.75, 3.05) is 21.3 Å². The molecule has 1 aliphatic heterocycles. The highest BCUT2D eigenvalue weighted by molar-refractivity contribution is 6.03. The Hall–Kier alpha value is -3.02. The molecule has 2 aromatic rings. The third-order valence-electron chi connectivity index (χ3n) is 5.33. The second-order valence-electron chi connectivity index (χ2n) is 6.62. The van der Waals surface area contributed by atoms with Gasteiger partial charge in [-0.25, -0.2) is 4.79 Å². The van der Waals surface area contributed by atoms with Crippen LogP contribution in [0, 0.1) is 5.92 Å². The summed E-state index contributed by atoms with van der Waals surface area (Å²) in [7, 11) is 4.60. The minimum absolute atomic E-state index is 0.0145. The van der Waals surface area contributed by atoms with Gasteiger partial charge in [-0.1, -0.05) is 6.07 Å². The molecule has 2 unspecified atom stereocenters. The van der Waals surface area contributed by atoms with Gasteiger partial charge in [-0.3, -0.25) is 4.79 Å². The highest BCUT2D eigenvalue weighted by Gasteiger charge is 2.44. The zero-order valence-corrected chi connectivity index (χ0v) is 15.4. The second-order valence-corrected chi connectivity index (χ2v) is 6.62. The Morgan fingerprint density at radius 1 is 1.00 bits per heavy atom. The van der Waals surface area contributed by atoms with E-state index < -0.39 is 18.0 Å². The number of benzene rings is 2. The molecule has 0 spiro atoms. The quantitative estimate of drug-likeness (QED) is 0.771. The van der Waals surface area contributed by atoms with Crippen LogP contribution in [-0.2, 0) is 11.2 Å². The van der Waals surface area contributed by atoms with Crippen LogP contribution in [-0.4, -0.2) is 33.1 Å². The topological polar surface area (TPSA) is 71.1 Å². The zero-order chi connectivity index (χ0) is 19.1. The van der Waals surface area contributed by atoms with Gasteiger partial charge in [0.15, 0.2) is 17.3 Å². The van der Waals surface area contributed by atoms with Crippen molar-refractivity contribution in [2.45, 2.75) is 18.9 Å². The fourth-order valence-corrected chi connectivity index (χ4v) is 4.00. The lowest BCUT2D eigenvalue weighted by Gasteiger charge is -2.27. The number of hydrogen-bond acceptors (Lipinski definition) is 6. The molecule has 4 rings (SSSR count). The van der Waals surface area contributed by atoms with Gasteiger partial charge in [0, 0.05) is 11.1 Å². The van der Waals surface area contributed by atoms with E-state index in [1.807, 2.05) is 6.07 Å². The molecule has 0 saturated heterocycles. The molecule has 0 bridgehead atoms. The molecule has 0 aromatic heterocycles. The fourth-order valence-electron chi connectivity index (χ4n) is 4.00. The molecule has 140 valence electrons. The third kappa shape index (κ3) is 2.63. The fraction of sp³-hybridized carbons (Fsp3) is 0.333. The van der Waals surface area contributed by atoms with Gasteiger partial charge in [0.2, 0.25) is 0 Å². The van der Waals surface area contributed by atoms with Crippen LogP contribution < -0.4 is 14.2 Å². The van der Waals surface area contributed by atoms with E-state index in [2.05, 4.69) is 0 Å². The van der Waals surface area contributed by atoms with Crippen molar-refractivity contribution in [1.82, 2.24) is 0 Å². The van der Waals surface area contributed by atoms with E-state index in [1.165, 1.54) is 14.2 Å². The SMILES string of the molecule is COc1ccc2c(c1)CCC(C1OC(=O)c3c1ccc(OC)c3OC)C2=O. The van der Waals surface area contributed by atoms with Crippen molar-refractivity contribution >= 4 is 11.8 Å². The van der Waals surface area contributed by atoms with Crippen molar-refractivity contribution < 1.29 is 28.5 Å². The molecule has 0 radical (unpaired) electrons. The average Bonchev–Trinajstić information content (AvgIpc) is 3.03. The Morgan fingerprint density at radius 2 is 1.81 bits per heavy atom. The van der Waals surface area contributed by atoms with Gasteiger partial charge in [-0.15, -0.1) is 0 Å². The van der Waals surface area contributed by atoms with Gasteiger partial charge in [-0.05, 0) is 42.7 Å². The van der Waals surface area contributed by atoms with Crippen LogP contribution >= 0.6 is 0 Å². The molecular weight excluding hydrogens is 348 g/mol. The van der Waals surface area contributed by atoms with Crippen molar-refractivity contribution in [3.8, 4) is 17.2 Å². The summed E-state index contributed by atoms with van der Waals surface area (Å²) in [4.78, 5) is 25.6. The Morgan fingerprint density at radius 3 is 2.52 bits per heavy atom. The minimum atomic E-state index is -0.616. The highest BCUT2D eigenvalue weighted by Crippen LogP contribution is 2.47. The lowest BCUT2D eigenvalue weighted by Crippen LogP contribution is -2.28. The van der Waals surface area contributed by atoms with Crippen LogP contribution in [0.3, 0.4) is 0 Å². The van der Waals surface area contributed by atoms with Gasteiger partial charge in [0.25, 0.3) is 0 Å². The monoisotopic (exact) mass is 368 g/mol. The Kier molecular flexibility index (Phi) is 4.26. The van der Waals surface area contributed by atoms with Crippen molar-refractivity contribution in [3.05, 3.63) is 52.6 Å². The summed E-state index contributed by atoms with van der Waals surface area (Å²) >= 11 is 0. The van der Waals surface area contributed by atoms with Crippen molar-refractivity contribution in [2.24, 2.45) is 5.92 Å². The van der Waals surface area contributed by atoms with Crippen LogP contribution in [0.5, 0.6) is 17.2 Å². The molecule has 1 aliphatic carbocycles. The van der Waals surface area contributed by atoms with E-state index in [0.717, 1.165) is 17.7 Å². The maximum Gasteiger partial charge on any atom is 0.343 e. The first-order chi connectivity index (χ1) is 13.1. The number of esters is 1. The zero-order valence-electron chi connectivity index (χ0n) is 15.4. The van der Waals surface area contributed by atoms with Gasteiger partial charge in [0.05, 0.1) is 27.2 Å². The molecule has 27 heavy (non-hydrogen) atoms. The Balaban J connectivity index is 1.72. The lowest BCUT2D eigenvalue weighted by atomic mass is 9.78. The van der Waals surface area contributed by atoms with E-state index in [9.17, 15) is 9.59 Å². The first-order valence-electron chi connectivity index (χ1n) is 8.76. The predicted molar refractivity (Wildman–Crippen MR) is 96.8 cm³/mol. The normalized spacial score (nSPS) is 20.6.